The van der Waals surface area contributed by atoms with Crippen LogP contribution >= 0.6 is 0 Å². The predicted octanol–water partition coefficient (Wildman–Crippen LogP) is 2.63. The molecule has 0 spiro atoms. The summed E-state index contributed by atoms with van der Waals surface area (Å²) in [6.07, 6.45) is 2.20. The smallest absolute Gasteiger partial charge is 0.237 e. The summed E-state index contributed by atoms with van der Waals surface area (Å²) in [5.74, 6) is -0.0459. The van der Waals surface area contributed by atoms with E-state index < -0.39 is 0 Å². The first-order chi connectivity index (χ1) is 14.1. The molecule has 1 saturated heterocycles. The number of rotatable bonds is 6. The second kappa shape index (κ2) is 8.78. The Morgan fingerprint density at radius 1 is 0.862 bits per heavy atom. The van der Waals surface area contributed by atoms with Gasteiger partial charge in [-0.1, -0.05) is 60.7 Å². The van der Waals surface area contributed by atoms with E-state index in [1.165, 1.54) is 0 Å². The minimum Gasteiger partial charge on any atom is -0.352 e. The Hall–Kier alpha value is -2.66. The molecule has 0 radical (unpaired) electrons. The Morgan fingerprint density at radius 3 is 1.86 bits per heavy atom. The summed E-state index contributed by atoms with van der Waals surface area (Å²) in [4.78, 5) is 30.0. The van der Waals surface area contributed by atoms with Crippen LogP contribution in [0.25, 0.3) is 0 Å². The van der Waals surface area contributed by atoms with Crippen molar-refractivity contribution in [3.63, 3.8) is 0 Å². The standard InChI is InChI=1S/C24H29N3O2/c1-18(23(28)25-21-12-13-21)26-14-16-27(17-15-26)24(29)22(19-8-4-2-5-9-19)20-10-6-3-7-11-20/h2-11,18,21-22H,12-17H2,1H3,(H,25,28). The van der Waals surface area contributed by atoms with Gasteiger partial charge in [0.15, 0.2) is 0 Å². The Balaban J connectivity index is 1.43. The fourth-order valence-electron chi connectivity index (χ4n) is 4.00. The quantitative estimate of drug-likeness (QED) is 0.824. The maximum Gasteiger partial charge on any atom is 0.237 e. The Morgan fingerprint density at radius 2 is 1.38 bits per heavy atom. The summed E-state index contributed by atoms with van der Waals surface area (Å²) in [6, 6.07) is 20.2. The molecule has 1 saturated carbocycles. The van der Waals surface area contributed by atoms with Crippen LogP contribution in [0.2, 0.25) is 0 Å². The molecule has 2 aliphatic rings. The molecule has 2 fully saturated rings. The highest BCUT2D eigenvalue weighted by Gasteiger charge is 2.33. The molecule has 0 aromatic heterocycles. The van der Waals surface area contributed by atoms with Crippen LogP contribution in [-0.4, -0.2) is 59.9 Å². The lowest BCUT2D eigenvalue weighted by Crippen LogP contribution is -2.55. The lowest BCUT2D eigenvalue weighted by atomic mass is 9.90. The molecule has 5 heteroatoms. The van der Waals surface area contributed by atoms with E-state index in [9.17, 15) is 9.59 Å². The van der Waals surface area contributed by atoms with Crippen molar-refractivity contribution in [1.82, 2.24) is 15.1 Å². The third-order valence-corrected chi connectivity index (χ3v) is 5.99. The molecule has 5 nitrogen and oxygen atoms in total. The van der Waals surface area contributed by atoms with Gasteiger partial charge in [0.1, 0.15) is 0 Å². The second-order valence-electron chi connectivity index (χ2n) is 8.07. The average molecular weight is 392 g/mol. The fraction of sp³-hybridized carbons (Fsp3) is 0.417. The number of hydrogen-bond donors (Lipinski definition) is 1. The van der Waals surface area contributed by atoms with Crippen molar-refractivity contribution in [2.75, 3.05) is 26.2 Å². The summed E-state index contributed by atoms with van der Waals surface area (Å²) in [5.41, 5.74) is 2.03. The Kier molecular flexibility index (Phi) is 5.95. The molecule has 2 aromatic rings. The van der Waals surface area contributed by atoms with Crippen LogP contribution in [0, 0.1) is 0 Å². The summed E-state index contributed by atoms with van der Waals surface area (Å²) >= 11 is 0. The monoisotopic (exact) mass is 391 g/mol. The van der Waals surface area contributed by atoms with Gasteiger partial charge in [0.25, 0.3) is 0 Å². The van der Waals surface area contributed by atoms with Crippen LogP contribution in [0.3, 0.4) is 0 Å². The van der Waals surface area contributed by atoms with E-state index in [-0.39, 0.29) is 23.8 Å². The van der Waals surface area contributed by atoms with E-state index in [0.717, 1.165) is 37.1 Å². The lowest BCUT2D eigenvalue weighted by Gasteiger charge is -2.38. The van der Waals surface area contributed by atoms with E-state index in [4.69, 9.17) is 0 Å². The average Bonchev–Trinajstić information content (AvgIpc) is 3.59. The fourth-order valence-corrected chi connectivity index (χ4v) is 4.00. The highest BCUT2D eigenvalue weighted by Crippen LogP contribution is 2.27. The van der Waals surface area contributed by atoms with Crippen LogP contribution in [0.4, 0.5) is 0 Å². The van der Waals surface area contributed by atoms with Gasteiger partial charge in [0.05, 0.1) is 12.0 Å². The third kappa shape index (κ3) is 4.67. The molecule has 1 aliphatic carbocycles. The van der Waals surface area contributed by atoms with Crippen molar-refractivity contribution in [2.24, 2.45) is 0 Å². The normalized spacial score (nSPS) is 18.5. The number of carbonyl (C=O) groups excluding carboxylic acids is 2. The van der Waals surface area contributed by atoms with Crippen LogP contribution in [0.15, 0.2) is 60.7 Å². The van der Waals surface area contributed by atoms with Crippen LogP contribution in [-0.2, 0) is 9.59 Å². The van der Waals surface area contributed by atoms with Crippen molar-refractivity contribution in [3.05, 3.63) is 71.8 Å². The Labute approximate surface area is 172 Å². The Bertz CT molecular complexity index is 788. The van der Waals surface area contributed by atoms with Crippen molar-refractivity contribution < 1.29 is 9.59 Å². The number of nitrogens with one attached hydrogen (secondary N) is 1. The molecule has 2 aromatic carbocycles. The highest BCUT2D eigenvalue weighted by atomic mass is 16.2. The molecule has 29 heavy (non-hydrogen) atoms. The van der Waals surface area contributed by atoms with Gasteiger partial charge >= 0.3 is 0 Å². The van der Waals surface area contributed by atoms with Gasteiger partial charge in [0, 0.05) is 32.2 Å². The second-order valence-corrected chi connectivity index (χ2v) is 8.07. The number of nitrogens with zero attached hydrogens (tertiary/aromatic N) is 2. The maximum absolute atomic E-state index is 13.5. The maximum atomic E-state index is 13.5. The SMILES string of the molecule is CC(C(=O)NC1CC1)N1CCN(C(=O)C(c2ccccc2)c2ccccc2)CC1. The first-order valence-corrected chi connectivity index (χ1v) is 10.6. The third-order valence-electron chi connectivity index (χ3n) is 5.99. The summed E-state index contributed by atoms with van der Waals surface area (Å²) in [6.45, 7) is 4.71. The zero-order valence-corrected chi connectivity index (χ0v) is 17.0. The lowest BCUT2D eigenvalue weighted by molar-refractivity contribution is -0.134. The number of benzene rings is 2. The first kappa shape index (κ1) is 19.6. The number of hydrogen-bond acceptors (Lipinski definition) is 3. The number of carbonyl (C=O) groups is 2. The van der Waals surface area contributed by atoms with Gasteiger partial charge in [-0.15, -0.1) is 0 Å². The zero-order valence-electron chi connectivity index (χ0n) is 17.0. The van der Waals surface area contributed by atoms with Crippen molar-refractivity contribution >= 4 is 11.8 Å². The molecule has 152 valence electrons. The van der Waals surface area contributed by atoms with E-state index in [1.807, 2.05) is 72.5 Å². The van der Waals surface area contributed by atoms with E-state index >= 15 is 0 Å². The van der Waals surface area contributed by atoms with Crippen molar-refractivity contribution in [2.45, 2.75) is 37.8 Å². The molecule has 1 N–H and O–H groups in total. The first-order valence-electron chi connectivity index (χ1n) is 10.6. The largest absolute Gasteiger partial charge is 0.352 e. The molecule has 1 atom stereocenters. The van der Waals surface area contributed by atoms with Crippen LogP contribution < -0.4 is 5.32 Å². The summed E-state index contributed by atoms with van der Waals surface area (Å²) < 4.78 is 0. The molecule has 0 bridgehead atoms. The van der Waals surface area contributed by atoms with Gasteiger partial charge < -0.3 is 10.2 Å². The molecule has 1 heterocycles. The van der Waals surface area contributed by atoms with Crippen LogP contribution in [0.1, 0.15) is 36.8 Å². The van der Waals surface area contributed by atoms with E-state index in [1.54, 1.807) is 0 Å². The molecular weight excluding hydrogens is 362 g/mol. The topological polar surface area (TPSA) is 52.7 Å². The predicted molar refractivity (Wildman–Crippen MR) is 114 cm³/mol. The van der Waals surface area contributed by atoms with Gasteiger partial charge in [-0.3, -0.25) is 14.5 Å². The minimum absolute atomic E-state index is 0.110. The molecule has 4 rings (SSSR count). The zero-order chi connectivity index (χ0) is 20.2. The van der Waals surface area contributed by atoms with Gasteiger partial charge in [-0.2, -0.15) is 0 Å². The molecule has 1 unspecified atom stereocenters. The van der Waals surface area contributed by atoms with Crippen molar-refractivity contribution in [1.29, 1.82) is 0 Å². The van der Waals surface area contributed by atoms with E-state index in [2.05, 4.69) is 10.2 Å². The number of amides is 2. The summed E-state index contributed by atoms with van der Waals surface area (Å²) in [7, 11) is 0. The van der Waals surface area contributed by atoms with Gasteiger partial charge in [-0.25, -0.2) is 0 Å². The summed E-state index contributed by atoms with van der Waals surface area (Å²) in [5, 5.41) is 3.08. The van der Waals surface area contributed by atoms with Crippen molar-refractivity contribution in [3.8, 4) is 0 Å². The van der Waals surface area contributed by atoms with Gasteiger partial charge in [-0.05, 0) is 30.9 Å². The molecule has 1 aliphatic heterocycles. The number of piperazine rings is 1. The molecule has 2 amide bonds. The minimum atomic E-state index is -0.292. The highest BCUT2D eigenvalue weighted by molar-refractivity contribution is 5.87. The van der Waals surface area contributed by atoms with Gasteiger partial charge in [0.2, 0.25) is 11.8 Å². The molecular formula is C24H29N3O2. The van der Waals surface area contributed by atoms with E-state index in [0.29, 0.717) is 19.1 Å². The van der Waals surface area contributed by atoms with Crippen LogP contribution in [0.5, 0.6) is 0 Å².